The highest BCUT2D eigenvalue weighted by atomic mass is 19.4. The van der Waals surface area contributed by atoms with Crippen LogP contribution in [0.1, 0.15) is 41.5 Å². The fraction of sp³-hybridized carbons (Fsp3) is 0.360. The third-order valence-electron chi connectivity index (χ3n) is 9.59. The summed E-state index contributed by atoms with van der Waals surface area (Å²) < 4.78 is 217. The van der Waals surface area contributed by atoms with E-state index in [0.717, 1.165) is 14.2 Å². The average molecular weight is 1510 g/mol. The lowest BCUT2D eigenvalue weighted by Gasteiger charge is -2.29. The zero-order valence-electron chi connectivity index (χ0n) is 62.2. The van der Waals surface area contributed by atoms with Crippen molar-refractivity contribution in [3.05, 3.63) is 291 Å². The first kappa shape index (κ1) is 125. The maximum Gasteiger partial charge on any atom is 0.402 e. The molecule has 0 unspecified atom stereocenters. The molecule has 0 radical (unpaired) electrons. The fourth-order valence-electron chi connectivity index (χ4n) is 3.56. The third kappa shape index (κ3) is 90.1. The Hall–Kier alpha value is -7.90. The van der Waals surface area contributed by atoms with Gasteiger partial charge in [0.25, 0.3) is 0 Å². The summed E-state index contributed by atoms with van der Waals surface area (Å²) in [4.78, 5) is 0. The van der Waals surface area contributed by atoms with Crippen LogP contribution >= 0.6 is 0 Å². The summed E-state index contributed by atoms with van der Waals surface area (Å²) in [6, 6.07) is 96.0. The molecule has 0 aromatic heterocycles. The van der Waals surface area contributed by atoms with Crippen molar-refractivity contribution >= 4 is 0 Å². The first-order valence-corrected chi connectivity index (χ1v) is 29.9. The summed E-state index contributed by atoms with van der Waals surface area (Å²) in [6.07, 6.45) is -31.5. The zero-order chi connectivity index (χ0) is 83.9. The molecule has 0 aliphatic rings. The highest BCUT2D eigenvalue weighted by molar-refractivity contribution is 5.04. The molecule has 0 saturated carbocycles. The number of hydrogen-bond donors (Lipinski definition) is 8. The van der Waals surface area contributed by atoms with Gasteiger partial charge < -0.3 is 54.1 Å². The van der Waals surface area contributed by atoms with Crippen molar-refractivity contribution in [2.75, 3.05) is 84.9 Å². The van der Waals surface area contributed by atoms with Crippen LogP contribution in [0.3, 0.4) is 0 Å². The minimum atomic E-state index is -5.24. The largest absolute Gasteiger partial charge is 0.402 e. The van der Waals surface area contributed by atoms with Crippen molar-refractivity contribution in [3.8, 4) is 0 Å². The molecular formula is C75H116F18N6O4. The highest BCUT2D eigenvalue weighted by Crippen LogP contribution is 2.51. The molecule has 8 aromatic carbocycles. The second-order valence-electron chi connectivity index (χ2n) is 17.9. The Kier molecular flexibility index (Phi) is 107. The van der Waals surface area contributed by atoms with E-state index in [4.69, 9.17) is 10.2 Å². The van der Waals surface area contributed by atoms with Gasteiger partial charge in [-0.3, -0.25) is 0 Å². The molecule has 0 aliphatic heterocycles. The van der Waals surface area contributed by atoms with E-state index in [1.807, 2.05) is 291 Å². The molecule has 596 valence electrons. The smallest absolute Gasteiger partial charge is 0.400 e. The number of halogens is 18. The molecule has 0 heterocycles. The summed E-state index contributed by atoms with van der Waals surface area (Å²) in [7, 11) is 17.5. The SMILES string of the molecule is CC(C)(C(F)(F)F)C(F)(F)F.CC(C)(C(F)(F)F)C(F)(F)F.CC(C)(C(F)(F)F)C(F)(F)F.CN.CN.CN.CN.CN.CN.CO.CO.COC.COC.c1ccccc1.c1ccccc1.c1ccccc1.c1ccccc1.c1ccccc1.c1ccccc1.c1ccccc1.c1ccccc1. The second-order valence-corrected chi connectivity index (χ2v) is 17.9. The van der Waals surface area contributed by atoms with Crippen LogP contribution in [0.15, 0.2) is 291 Å². The Balaban J connectivity index is -0.0000000769. The molecular weight excluding hydrogens is 1390 g/mol. The molecule has 0 fully saturated rings. The van der Waals surface area contributed by atoms with Gasteiger partial charge in [-0.1, -0.05) is 291 Å². The number of rotatable bonds is 0. The summed E-state index contributed by atoms with van der Waals surface area (Å²) in [5.74, 6) is 0. The van der Waals surface area contributed by atoms with E-state index >= 15 is 0 Å². The van der Waals surface area contributed by atoms with Crippen LogP contribution in [0, 0.1) is 16.2 Å². The quantitative estimate of drug-likeness (QED) is 0.0672. The van der Waals surface area contributed by atoms with E-state index in [1.54, 1.807) is 28.4 Å². The van der Waals surface area contributed by atoms with Gasteiger partial charge in [0, 0.05) is 42.7 Å². The Labute approximate surface area is 602 Å². The lowest BCUT2D eigenvalue weighted by molar-refractivity contribution is -0.328. The van der Waals surface area contributed by atoms with Crippen molar-refractivity contribution in [2.24, 2.45) is 50.6 Å². The van der Waals surface area contributed by atoms with Crippen LogP contribution in [0.5, 0.6) is 0 Å². The second kappa shape index (κ2) is 88.3. The van der Waals surface area contributed by atoms with E-state index in [-0.39, 0.29) is 41.5 Å². The van der Waals surface area contributed by atoms with Crippen molar-refractivity contribution in [2.45, 2.75) is 78.6 Å². The first-order valence-electron chi connectivity index (χ1n) is 29.9. The minimum Gasteiger partial charge on any atom is -0.400 e. The predicted octanol–water partition coefficient (Wildman–Crippen LogP) is 20.1. The number of alkyl halides is 18. The van der Waals surface area contributed by atoms with Gasteiger partial charge >= 0.3 is 37.1 Å². The monoisotopic (exact) mass is 1510 g/mol. The number of aliphatic hydroxyl groups is 2. The summed E-state index contributed by atoms with van der Waals surface area (Å²) >= 11 is 0. The molecule has 8 aromatic rings. The molecule has 103 heavy (non-hydrogen) atoms. The third-order valence-corrected chi connectivity index (χ3v) is 9.59. The molecule has 0 amide bonds. The van der Waals surface area contributed by atoms with Crippen LogP contribution in [-0.2, 0) is 9.47 Å². The molecule has 0 saturated heterocycles. The van der Waals surface area contributed by atoms with Gasteiger partial charge in [-0.15, -0.1) is 0 Å². The van der Waals surface area contributed by atoms with E-state index in [1.165, 1.54) is 42.3 Å². The standard InChI is InChI=1S/8C6H6.3C5H6F6.2C2H6O.6CH5N.2CH4O/c8*1-2-4-6-5-3-1;3*1-3(2,4(6,7)8)5(9,10)11;2*1-3-2;8*1-2/h8*1-6H;3*1-2H3;2*1-2H3;6*2H2,1H3;2*2H,1H3. The van der Waals surface area contributed by atoms with Crippen LogP contribution in [0.4, 0.5) is 79.0 Å². The van der Waals surface area contributed by atoms with E-state index in [9.17, 15) is 79.0 Å². The number of ether oxygens (including phenoxy) is 2. The van der Waals surface area contributed by atoms with Crippen molar-refractivity contribution in [1.82, 2.24) is 0 Å². The van der Waals surface area contributed by atoms with Gasteiger partial charge in [0.05, 0.1) is 0 Å². The lowest BCUT2D eigenvalue weighted by Crippen LogP contribution is -2.44. The molecule has 0 spiro atoms. The van der Waals surface area contributed by atoms with Crippen molar-refractivity contribution in [3.63, 3.8) is 0 Å². The van der Waals surface area contributed by atoms with Gasteiger partial charge in [-0.25, -0.2) is 0 Å². The van der Waals surface area contributed by atoms with Gasteiger partial charge in [0.2, 0.25) is 0 Å². The molecule has 0 aliphatic carbocycles. The Bertz CT molecular complexity index is 1850. The number of aliphatic hydroxyl groups excluding tert-OH is 2. The first-order chi connectivity index (χ1) is 48.3. The molecule has 0 bridgehead atoms. The van der Waals surface area contributed by atoms with Gasteiger partial charge in [-0.2, -0.15) is 79.0 Å². The normalized spacial score (nSPS) is 9.44. The molecule has 0 atom stereocenters. The molecule has 10 nitrogen and oxygen atoms in total. The Morgan fingerprint density at radius 2 is 0.184 bits per heavy atom. The van der Waals surface area contributed by atoms with Crippen molar-refractivity contribution in [1.29, 1.82) is 0 Å². The maximum absolute atomic E-state index is 11.6. The predicted molar refractivity (Wildman–Crippen MR) is 392 cm³/mol. The fourth-order valence-corrected chi connectivity index (χ4v) is 3.56. The minimum absolute atomic E-state index is 0.104. The Morgan fingerprint density at radius 1 is 0.155 bits per heavy atom. The summed E-state index contributed by atoms with van der Waals surface area (Å²) in [6.45, 7) is 0.625. The van der Waals surface area contributed by atoms with Crippen LogP contribution in [0.2, 0.25) is 0 Å². The molecule has 8 rings (SSSR count). The van der Waals surface area contributed by atoms with Crippen LogP contribution in [0.25, 0.3) is 0 Å². The molecule has 28 heteroatoms. The number of methoxy groups -OCH3 is 2. The van der Waals surface area contributed by atoms with Crippen LogP contribution in [-0.4, -0.2) is 132 Å². The topological polar surface area (TPSA) is 215 Å². The van der Waals surface area contributed by atoms with Gasteiger partial charge in [0.1, 0.15) is 0 Å². The Morgan fingerprint density at radius 3 is 0.194 bits per heavy atom. The van der Waals surface area contributed by atoms with Crippen LogP contribution < -0.4 is 34.4 Å². The van der Waals surface area contributed by atoms with Gasteiger partial charge in [0.15, 0.2) is 16.2 Å². The molecule has 14 N–H and O–H groups in total. The zero-order valence-corrected chi connectivity index (χ0v) is 62.2. The number of nitrogens with two attached hydrogens (primary N) is 6. The van der Waals surface area contributed by atoms with Gasteiger partial charge in [-0.05, 0) is 83.8 Å². The van der Waals surface area contributed by atoms with Crippen molar-refractivity contribution < 1.29 is 98.7 Å². The lowest BCUT2D eigenvalue weighted by atomic mass is 9.92. The highest BCUT2D eigenvalue weighted by Gasteiger charge is 2.65. The van der Waals surface area contributed by atoms with E-state index < -0.39 is 53.3 Å². The summed E-state index contributed by atoms with van der Waals surface area (Å²) in [5, 5.41) is 14.0. The summed E-state index contributed by atoms with van der Waals surface area (Å²) in [5.41, 5.74) is 16.1. The van der Waals surface area contributed by atoms with E-state index in [2.05, 4.69) is 43.9 Å². The number of hydrogen-bond acceptors (Lipinski definition) is 10. The average Bonchev–Trinajstić information content (AvgIpc) is 0.812. The number of benzene rings is 8. The maximum atomic E-state index is 11.6. The van der Waals surface area contributed by atoms with E-state index in [0.29, 0.717) is 0 Å².